The zero-order valence-corrected chi connectivity index (χ0v) is 13.9. The molecule has 0 saturated carbocycles. The molecule has 0 aliphatic heterocycles. The largest absolute Gasteiger partial charge is 0.496 e. The van der Waals surface area contributed by atoms with Gasteiger partial charge in [-0.25, -0.2) is 0 Å². The fourth-order valence-corrected chi connectivity index (χ4v) is 2.32. The van der Waals surface area contributed by atoms with Gasteiger partial charge in [0.25, 0.3) is 0 Å². The van der Waals surface area contributed by atoms with Crippen LogP contribution in [0.25, 0.3) is 0 Å². The molecule has 0 spiro atoms. The molecule has 128 valence electrons. The summed E-state index contributed by atoms with van der Waals surface area (Å²) in [4.78, 5) is 23.6. The molecule has 0 saturated heterocycles. The SMILES string of the molecule is COc1ccccc1CC(=O)Nc1cccc(CNC(=O)CC#N)c1. The Hall–Kier alpha value is -3.33. The van der Waals surface area contributed by atoms with Crippen molar-refractivity contribution in [3.63, 3.8) is 0 Å². The highest BCUT2D eigenvalue weighted by atomic mass is 16.5. The molecule has 0 aliphatic carbocycles. The van der Waals surface area contributed by atoms with Gasteiger partial charge < -0.3 is 15.4 Å². The Labute approximate surface area is 146 Å². The van der Waals surface area contributed by atoms with Crippen LogP contribution in [0.3, 0.4) is 0 Å². The van der Waals surface area contributed by atoms with Crippen LogP contribution in [-0.2, 0) is 22.6 Å². The van der Waals surface area contributed by atoms with Crippen LogP contribution >= 0.6 is 0 Å². The van der Waals surface area contributed by atoms with Crippen molar-refractivity contribution >= 4 is 17.5 Å². The average Bonchev–Trinajstić information content (AvgIpc) is 2.61. The predicted molar refractivity (Wildman–Crippen MR) is 93.8 cm³/mol. The Balaban J connectivity index is 1.96. The Morgan fingerprint density at radius 3 is 2.68 bits per heavy atom. The van der Waals surface area contributed by atoms with Gasteiger partial charge in [0.1, 0.15) is 12.2 Å². The maximum Gasteiger partial charge on any atom is 0.234 e. The Morgan fingerprint density at radius 1 is 1.12 bits per heavy atom. The van der Waals surface area contributed by atoms with Gasteiger partial charge in [-0.3, -0.25) is 9.59 Å². The minimum Gasteiger partial charge on any atom is -0.496 e. The summed E-state index contributed by atoms with van der Waals surface area (Å²) in [6.07, 6.45) is 0.0302. The maximum absolute atomic E-state index is 12.2. The van der Waals surface area contributed by atoms with E-state index < -0.39 is 0 Å². The number of nitriles is 1. The van der Waals surface area contributed by atoms with Crippen LogP contribution in [0.2, 0.25) is 0 Å². The van der Waals surface area contributed by atoms with Gasteiger partial charge in [-0.15, -0.1) is 0 Å². The fraction of sp³-hybridized carbons (Fsp3) is 0.211. The van der Waals surface area contributed by atoms with Crippen molar-refractivity contribution in [2.24, 2.45) is 0 Å². The van der Waals surface area contributed by atoms with Crippen molar-refractivity contribution < 1.29 is 14.3 Å². The third-order valence-electron chi connectivity index (χ3n) is 3.48. The Kier molecular flexibility index (Phi) is 6.55. The molecule has 2 rings (SSSR count). The first kappa shape index (κ1) is 18.0. The summed E-state index contributed by atoms with van der Waals surface area (Å²) in [5, 5.41) is 13.9. The maximum atomic E-state index is 12.2. The lowest BCUT2D eigenvalue weighted by Crippen LogP contribution is -2.22. The van der Waals surface area contributed by atoms with Crippen molar-refractivity contribution in [1.82, 2.24) is 5.32 Å². The molecule has 6 nitrogen and oxygen atoms in total. The molecule has 2 aromatic carbocycles. The highest BCUT2D eigenvalue weighted by Gasteiger charge is 2.09. The number of methoxy groups -OCH3 is 1. The summed E-state index contributed by atoms with van der Waals surface area (Å²) < 4.78 is 5.25. The molecule has 0 atom stereocenters. The van der Waals surface area contributed by atoms with Gasteiger partial charge in [0.05, 0.1) is 19.6 Å². The second-order valence-electron chi connectivity index (χ2n) is 5.35. The second-order valence-corrected chi connectivity index (χ2v) is 5.35. The lowest BCUT2D eigenvalue weighted by atomic mass is 10.1. The number of hydrogen-bond acceptors (Lipinski definition) is 4. The first-order valence-corrected chi connectivity index (χ1v) is 7.76. The van der Waals surface area contributed by atoms with E-state index in [1.54, 1.807) is 31.4 Å². The van der Waals surface area contributed by atoms with Crippen LogP contribution in [-0.4, -0.2) is 18.9 Å². The van der Waals surface area contributed by atoms with Crippen LogP contribution in [0.15, 0.2) is 48.5 Å². The van der Waals surface area contributed by atoms with Gasteiger partial charge in [-0.1, -0.05) is 30.3 Å². The zero-order valence-electron chi connectivity index (χ0n) is 13.9. The van der Waals surface area contributed by atoms with Crippen LogP contribution in [0.4, 0.5) is 5.69 Å². The standard InChI is InChI=1S/C19H19N3O3/c1-25-17-8-3-2-6-15(17)12-19(24)22-16-7-4-5-14(11-16)13-21-18(23)9-10-20/h2-8,11H,9,12-13H2,1H3,(H,21,23)(H,22,24). The number of carbonyl (C=O) groups is 2. The molecule has 2 amide bonds. The second kappa shape index (κ2) is 9.08. The third kappa shape index (κ3) is 5.66. The Morgan fingerprint density at radius 2 is 1.92 bits per heavy atom. The van der Waals surface area contributed by atoms with E-state index in [2.05, 4.69) is 10.6 Å². The van der Waals surface area contributed by atoms with Crippen molar-refractivity contribution in [2.75, 3.05) is 12.4 Å². The van der Waals surface area contributed by atoms with E-state index in [1.807, 2.05) is 30.3 Å². The summed E-state index contributed by atoms with van der Waals surface area (Å²) in [6, 6.07) is 16.4. The fourth-order valence-electron chi connectivity index (χ4n) is 2.32. The van der Waals surface area contributed by atoms with Crippen LogP contribution in [0.1, 0.15) is 17.5 Å². The normalized spacial score (nSPS) is 9.76. The Bertz CT molecular complexity index is 796. The number of rotatable bonds is 7. The summed E-state index contributed by atoms with van der Waals surface area (Å²) in [5.41, 5.74) is 2.29. The van der Waals surface area contributed by atoms with Crippen LogP contribution < -0.4 is 15.4 Å². The molecule has 0 unspecified atom stereocenters. The summed E-state index contributed by atoms with van der Waals surface area (Å²) in [5.74, 6) is 0.190. The molecular weight excluding hydrogens is 318 g/mol. The van der Waals surface area contributed by atoms with Gasteiger partial charge >= 0.3 is 0 Å². The monoisotopic (exact) mass is 337 g/mol. The number of nitrogens with one attached hydrogen (secondary N) is 2. The number of carbonyl (C=O) groups excluding carboxylic acids is 2. The molecule has 0 aromatic heterocycles. The van der Waals surface area contributed by atoms with Crippen LogP contribution in [0, 0.1) is 11.3 Å². The van der Waals surface area contributed by atoms with E-state index >= 15 is 0 Å². The minimum atomic E-state index is -0.326. The molecule has 25 heavy (non-hydrogen) atoms. The predicted octanol–water partition coefficient (Wildman–Crippen LogP) is 2.41. The number of ether oxygens (including phenoxy) is 1. The van der Waals surface area contributed by atoms with Gasteiger partial charge in [-0.2, -0.15) is 5.26 Å². The number of anilines is 1. The number of hydrogen-bond donors (Lipinski definition) is 2. The number of benzene rings is 2. The van der Waals surface area contributed by atoms with Crippen molar-refractivity contribution in [2.45, 2.75) is 19.4 Å². The van der Waals surface area contributed by atoms with E-state index in [0.29, 0.717) is 18.0 Å². The summed E-state index contributed by atoms with van der Waals surface area (Å²) in [6.45, 7) is 0.302. The highest BCUT2D eigenvalue weighted by Crippen LogP contribution is 2.18. The highest BCUT2D eigenvalue weighted by molar-refractivity contribution is 5.92. The molecule has 6 heteroatoms. The van der Waals surface area contributed by atoms with E-state index in [1.165, 1.54) is 0 Å². The van der Waals surface area contributed by atoms with E-state index in [4.69, 9.17) is 10.00 Å². The minimum absolute atomic E-state index is 0.157. The molecule has 0 radical (unpaired) electrons. The number of nitrogens with zero attached hydrogens (tertiary/aromatic N) is 1. The lowest BCUT2D eigenvalue weighted by Gasteiger charge is -2.10. The van der Waals surface area contributed by atoms with Gasteiger partial charge in [-0.05, 0) is 23.8 Å². The van der Waals surface area contributed by atoms with Crippen molar-refractivity contribution in [3.8, 4) is 11.8 Å². The average molecular weight is 337 g/mol. The molecular formula is C19H19N3O3. The first-order valence-electron chi connectivity index (χ1n) is 7.76. The molecule has 0 fully saturated rings. The van der Waals surface area contributed by atoms with Gasteiger partial charge in [0, 0.05) is 17.8 Å². The van der Waals surface area contributed by atoms with Crippen LogP contribution in [0.5, 0.6) is 5.75 Å². The molecule has 0 bridgehead atoms. The summed E-state index contributed by atoms with van der Waals surface area (Å²) in [7, 11) is 1.57. The van der Waals surface area contributed by atoms with E-state index in [0.717, 1.165) is 11.1 Å². The van der Waals surface area contributed by atoms with E-state index in [-0.39, 0.29) is 24.7 Å². The van der Waals surface area contributed by atoms with E-state index in [9.17, 15) is 9.59 Å². The molecule has 0 heterocycles. The zero-order chi connectivity index (χ0) is 18.1. The van der Waals surface area contributed by atoms with Gasteiger partial charge in [0.2, 0.25) is 11.8 Å². The van der Waals surface area contributed by atoms with Crippen molar-refractivity contribution in [1.29, 1.82) is 5.26 Å². The third-order valence-corrected chi connectivity index (χ3v) is 3.48. The molecule has 2 aromatic rings. The first-order chi connectivity index (χ1) is 12.1. The van der Waals surface area contributed by atoms with Gasteiger partial charge in [0.15, 0.2) is 0 Å². The molecule has 0 aliphatic rings. The topological polar surface area (TPSA) is 91.2 Å². The lowest BCUT2D eigenvalue weighted by molar-refractivity contribution is -0.120. The molecule has 2 N–H and O–H groups in total. The number of para-hydroxylation sites is 1. The quantitative estimate of drug-likeness (QED) is 0.811. The smallest absolute Gasteiger partial charge is 0.234 e. The summed E-state index contributed by atoms with van der Waals surface area (Å²) >= 11 is 0. The number of amides is 2. The van der Waals surface area contributed by atoms with Crippen molar-refractivity contribution in [3.05, 3.63) is 59.7 Å².